The Balaban J connectivity index is 1.81. The lowest BCUT2D eigenvalue weighted by Crippen LogP contribution is -2.70. The first-order valence-corrected chi connectivity index (χ1v) is 23.8. The molecule has 0 aromatic heterocycles. The molecule has 4 fully saturated rings. The van der Waals surface area contributed by atoms with E-state index in [-0.39, 0.29) is 31.6 Å². The van der Waals surface area contributed by atoms with Crippen molar-refractivity contribution in [3.63, 3.8) is 0 Å². The molecule has 8 N–H and O–H groups in total. The predicted octanol–water partition coefficient (Wildman–Crippen LogP) is 0.988. The number of nitrogens with two attached hydrogens (primary N) is 1. The van der Waals surface area contributed by atoms with Crippen LogP contribution in [0.3, 0.4) is 0 Å². The van der Waals surface area contributed by atoms with Crippen LogP contribution in [-0.4, -0.2) is 179 Å². The fraction of sp³-hybridized carbons (Fsp3) is 0.976. The number of methoxy groups -OCH3 is 1. The fourth-order valence-corrected chi connectivity index (χ4v) is 10.8. The van der Waals surface area contributed by atoms with Crippen LogP contribution in [0.25, 0.3) is 0 Å². The molecule has 0 aliphatic carbocycles. The monoisotopic (exact) mass is 897 g/mol. The Morgan fingerprint density at radius 2 is 1.59 bits per heavy atom. The van der Waals surface area contributed by atoms with Gasteiger partial charge in [-0.1, -0.05) is 27.2 Å². The lowest BCUT2D eigenvalue weighted by atomic mass is 9.74. The minimum Gasteiger partial charge on any atom is -0.459 e. The van der Waals surface area contributed by atoms with Crippen LogP contribution in [0, 0.1) is 17.8 Å². The van der Waals surface area contributed by atoms with Gasteiger partial charge in [0, 0.05) is 39.1 Å². The van der Waals surface area contributed by atoms with E-state index in [2.05, 4.69) is 10.2 Å². The number of cyclic esters (lactones) is 1. The van der Waals surface area contributed by atoms with Crippen LogP contribution < -0.4 is 10.5 Å². The average molecular weight is 897 g/mol. The van der Waals surface area contributed by atoms with E-state index in [1.54, 1.807) is 48.5 Å². The first kappa shape index (κ1) is 52.5. The maximum absolute atomic E-state index is 14.4. The molecule has 0 aromatic carbocycles. The SMILES string of the molecule is CC[C@H]1OC(=O)[C@H](C)[C@@H](O[C@H]2C[C@@](C)(OC)[C@](O)(CN3CCCCC3)[C@H](C)O2)[C@H](C)[C@@H](O[C@@H]2O[C@H](C)C[C@H](N(C)S(N)(=O)=O)[C@H]2O)[C@](C)(O)C[C@@H](C)CN[C@H](C)[C@@H](O)[C@]1(C)O. The lowest BCUT2D eigenvalue weighted by molar-refractivity contribution is -0.339. The van der Waals surface area contributed by atoms with Crippen molar-refractivity contribution in [3.8, 4) is 0 Å². The Labute approximate surface area is 364 Å². The van der Waals surface area contributed by atoms with Crippen LogP contribution in [0.1, 0.15) is 114 Å². The number of esters is 1. The van der Waals surface area contributed by atoms with Crippen LogP contribution in [-0.2, 0) is 43.4 Å². The third kappa shape index (κ3) is 11.8. The highest BCUT2D eigenvalue weighted by atomic mass is 32.2. The van der Waals surface area contributed by atoms with E-state index in [4.69, 9.17) is 33.6 Å². The van der Waals surface area contributed by atoms with Gasteiger partial charge in [0.2, 0.25) is 0 Å². The summed E-state index contributed by atoms with van der Waals surface area (Å²) in [7, 11) is -1.44. The smallest absolute Gasteiger partial charge is 0.311 e. The van der Waals surface area contributed by atoms with Crippen molar-refractivity contribution in [1.29, 1.82) is 0 Å². The second-order valence-electron chi connectivity index (χ2n) is 19.5. The van der Waals surface area contributed by atoms with Gasteiger partial charge in [0.25, 0.3) is 10.2 Å². The van der Waals surface area contributed by atoms with Gasteiger partial charge in [-0.2, -0.15) is 12.7 Å². The molecule has 4 rings (SSSR count). The van der Waals surface area contributed by atoms with E-state index >= 15 is 0 Å². The van der Waals surface area contributed by atoms with Crippen molar-refractivity contribution >= 4 is 16.2 Å². The zero-order valence-corrected chi connectivity index (χ0v) is 39.5. The Morgan fingerprint density at radius 1 is 0.967 bits per heavy atom. The highest BCUT2D eigenvalue weighted by molar-refractivity contribution is 7.86. The zero-order chi connectivity index (χ0) is 46.0. The van der Waals surface area contributed by atoms with E-state index in [0.29, 0.717) is 13.1 Å². The van der Waals surface area contributed by atoms with E-state index < -0.39 is 118 Å². The van der Waals surface area contributed by atoms with Crippen LogP contribution >= 0.6 is 0 Å². The minimum absolute atomic E-state index is 0.0493. The summed E-state index contributed by atoms with van der Waals surface area (Å²) >= 11 is 0. The maximum Gasteiger partial charge on any atom is 0.311 e. The van der Waals surface area contributed by atoms with Crippen molar-refractivity contribution in [1.82, 2.24) is 14.5 Å². The summed E-state index contributed by atoms with van der Waals surface area (Å²) in [6.45, 7) is 19.2. The Hall–Kier alpha value is -1.14. The summed E-state index contributed by atoms with van der Waals surface area (Å²) in [5.74, 6) is -3.08. The molecule has 0 radical (unpaired) electrons. The third-order valence-electron chi connectivity index (χ3n) is 14.3. The highest BCUT2D eigenvalue weighted by Crippen LogP contribution is 2.44. The van der Waals surface area contributed by atoms with E-state index in [1.807, 2.05) is 13.8 Å². The largest absolute Gasteiger partial charge is 0.459 e. The number of aliphatic hydroxyl groups is 5. The Kier molecular flexibility index (Phi) is 17.7. The molecule has 0 bridgehead atoms. The van der Waals surface area contributed by atoms with Gasteiger partial charge in [-0.3, -0.25) is 4.79 Å². The molecule has 358 valence electrons. The number of likely N-dealkylation sites (tertiary alicyclic amines) is 1. The molecule has 18 atom stereocenters. The molecule has 61 heavy (non-hydrogen) atoms. The number of hydrogen-bond donors (Lipinski definition) is 7. The van der Waals surface area contributed by atoms with Crippen molar-refractivity contribution in [2.45, 2.75) is 204 Å². The second-order valence-corrected chi connectivity index (χ2v) is 21.1. The van der Waals surface area contributed by atoms with E-state index in [1.165, 1.54) is 21.1 Å². The summed E-state index contributed by atoms with van der Waals surface area (Å²) in [6, 6.07) is -1.69. The summed E-state index contributed by atoms with van der Waals surface area (Å²) in [4.78, 5) is 16.6. The van der Waals surface area contributed by atoms with Crippen LogP contribution in [0.2, 0.25) is 0 Å². The molecule has 18 nitrogen and oxygen atoms in total. The third-order valence-corrected chi connectivity index (χ3v) is 15.4. The molecule has 4 saturated heterocycles. The predicted molar refractivity (Wildman–Crippen MR) is 226 cm³/mol. The number of piperidine rings is 1. The fourth-order valence-electron chi connectivity index (χ4n) is 10.2. The topological polar surface area (TPSA) is 252 Å². The number of likely N-dealkylation sites (N-methyl/N-ethyl adjacent to an activating group) is 1. The van der Waals surface area contributed by atoms with E-state index in [0.717, 1.165) is 36.7 Å². The van der Waals surface area contributed by atoms with Crippen molar-refractivity contribution < 1.29 is 67.2 Å². The Bertz CT molecular complexity index is 1540. The molecule has 0 spiro atoms. The lowest BCUT2D eigenvalue weighted by Gasteiger charge is -2.55. The van der Waals surface area contributed by atoms with Crippen molar-refractivity contribution in [3.05, 3.63) is 0 Å². The molecular formula is C42H80N4O14S. The number of hydrogen-bond acceptors (Lipinski definition) is 16. The number of nitrogens with zero attached hydrogens (tertiary/aromatic N) is 2. The standard InChI is InChI=1S/C42H80N4O14S/c1-13-31-41(10,51)35(48)28(6)44-22-24(2)20-39(8,50)36(60-38-33(47)30(19-25(3)56-38)45(11)61(43,53)54)26(4)34(27(5)37(49)58-31)59-32-21-40(9,55-12)42(52,29(7)57-32)23-46-17-15-14-16-18-46/h24-36,38,44,47-48,50-52H,13-23H2,1-12H3,(H2,43,53,54)/t24-,25-,26+,27-,28-,29+,30+,31-,32+,33-,34+,35-,36-,38+,39-,40-,41-,42+/m1/s1. The highest BCUT2D eigenvalue weighted by Gasteiger charge is 2.59. The number of aliphatic hydroxyl groups excluding tert-OH is 2. The van der Waals surface area contributed by atoms with Crippen LogP contribution in [0.4, 0.5) is 0 Å². The molecule has 0 aromatic rings. The van der Waals surface area contributed by atoms with Gasteiger partial charge >= 0.3 is 5.97 Å². The van der Waals surface area contributed by atoms with Gasteiger partial charge in [0.1, 0.15) is 35.1 Å². The minimum atomic E-state index is -4.23. The summed E-state index contributed by atoms with van der Waals surface area (Å²) in [5, 5.41) is 68.5. The molecule has 0 unspecified atom stereocenters. The molecule has 0 saturated carbocycles. The van der Waals surface area contributed by atoms with Gasteiger partial charge in [0.05, 0.1) is 42.0 Å². The normalized spacial score (nSPS) is 47.0. The van der Waals surface area contributed by atoms with Crippen LogP contribution in [0.5, 0.6) is 0 Å². The van der Waals surface area contributed by atoms with Gasteiger partial charge in [-0.25, -0.2) is 5.14 Å². The number of rotatable bonds is 10. The van der Waals surface area contributed by atoms with E-state index in [9.17, 15) is 38.7 Å². The van der Waals surface area contributed by atoms with Gasteiger partial charge in [-0.15, -0.1) is 0 Å². The number of β-amino-alcohol motifs (C(OH)–C–C–N with tert-alkyl or cyclic N) is 1. The molecule has 0 amide bonds. The first-order valence-electron chi connectivity index (χ1n) is 22.3. The number of carbonyl (C=O) groups is 1. The molecule has 19 heteroatoms. The van der Waals surface area contributed by atoms with Gasteiger partial charge in [-0.05, 0) is 106 Å². The summed E-state index contributed by atoms with van der Waals surface area (Å²) in [5.41, 5.74) is -6.22. The number of ether oxygens (including phenoxy) is 6. The van der Waals surface area contributed by atoms with Crippen molar-refractivity contribution in [2.24, 2.45) is 22.9 Å². The molecule has 4 aliphatic heterocycles. The van der Waals surface area contributed by atoms with Gasteiger partial charge < -0.3 is 64.2 Å². The summed E-state index contributed by atoms with van der Waals surface area (Å²) in [6.07, 6.45) is -6.80. The number of nitrogens with one attached hydrogen (secondary N) is 1. The summed E-state index contributed by atoms with van der Waals surface area (Å²) < 4.78 is 64.1. The van der Waals surface area contributed by atoms with Crippen molar-refractivity contribution in [2.75, 3.05) is 40.3 Å². The maximum atomic E-state index is 14.4. The first-order chi connectivity index (χ1) is 28.1. The van der Waals surface area contributed by atoms with Gasteiger partial charge in [0.15, 0.2) is 12.6 Å². The quantitative estimate of drug-likeness (QED) is 0.151. The Morgan fingerprint density at radius 3 is 2.16 bits per heavy atom. The number of carbonyl (C=O) groups excluding carboxylic acids is 1. The average Bonchev–Trinajstić information content (AvgIpc) is 3.18. The van der Waals surface area contributed by atoms with Crippen LogP contribution in [0.15, 0.2) is 0 Å². The zero-order valence-electron chi connectivity index (χ0n) is 38.7. The molecule has 4 heterocycles. The second kappa shape index (κ2) is 20.6. The molecule has 4 aliphatic rings. The molecular weight excluding hydrogens is 817 g/mol.